The van der Waals surface area contributed by atoms with Gasteiger partial charge in [-0.1, -0.05) is 129 Å². The fourth-order valence-corrected chi connectivity index (χ4v) is 14.0. The second kappa shape index (κ2) is 39.3. The largest absolute Gasteiger partial charge is 0.466 e. The van der Waals surface area contributed by atoms with Crippen LogP contribution in [0.3, 0.4) is 0 Å². The van der Waals surface area contributed by atoms with Gasteiger partial charge in [-0.15, -0.1) is 23.5 Å². The molecule has 4 saturated heterocycles. The molecule has 5 heterocycles. The Morgan fingerprint density at radius 3 is 1.29 bits per heavy atom. The first-order valence-electron chi connectivity index (χ1n) is 31.2. The molecule has 510 valence electrons. The average Bonchev–Trinajstić information content (AvgIpc) is 0.783. The monoisotopic (exact) mass is 1370 g/mol. The molecule has 0 atom stereocenters. The molecule has 0 saturated carbocycles. The lowest BCUT2D eigenvalue weighted by molar-refractivity contribution is -0.137. The zero-order valence-corrected chi connectivity index (χ0v) is 56.2. The molecule has 96 heavy (non-hydrogen) atoms. The zero-order chi connectivity index (χ0) is 68.8. The summed E-state index contributed by atoms with van der Waals surface area (Å²) in [5.74, 6) is 0.300. The smallest absolute Gasteiger partial charge is 0.394 e. The molecule has 19 nitrogen and oxygen atoms in total. The number of methoxy groups -OCH3 is 1. The van der Waals surface area contributed by atoms with E-state index in [1.165, 1.54) is 12.0 Å². The van der Waals surface area contributed by atoms with Crippen molar-refractivity contribution >= 4 is 86.8 Å². The summed E-state index contributed by atoms with van der Waals surface area (Å²) in [7, 11) is -3.36. The van der Waals surface area contributed by atoms with Crippen molar-refractivity contribution in [2.45, 2.75) is 105 Å². The predicted molar refractivity (Wildman–Crippen MR) is 373 cm³/mol. The molecule has 5 aliphatic heterocycles. The van der Waals surface area contributed by atoms with Gasteiger partial charge in [-0.2, -0.15) is 8.42 Å². The highest BCUT2D eigenvalue weighted by Gasteiger charge is 2.43. The van der Waals surface area contributed by atoms with E-state index in [-0.39, 0.29) is 63.9 Å². The van der Waals surface area contributed by atoms with E-state index in [1.807, 2.05) is 178 Å². The summed E-state index contributed by atoms with van der Waals surface area (Å²) >= 11 is 3.63. The number of benzene rings is 6. The molecule has 0 unspecified atom stereocenters. The fourth-order valence-electron chi connectivity index (χ4n) is 11.1. The van der Waals surface area contributed by atoms with Crippen LogP contribution in [0.1, 0.15) is 137 Å². The molecule has 6 aromatic rings. The number of thioether (sulfide) groups is 2. The first kappa shape index (κ1) is 77.9. The van der Waals surface area contributed by atoms with Crippen molar-refractivity contribution in [2.75, 3.05) is 66.1 Å². The van der Waals surface area contributed by atoms with Gasteiger partial charge in [0.1, 0.15) is 11.6 Å². The lowest BCUT2D eigenvalue weighted by Crippen LogP contribution is -2.47. The highest BCUT2D eigenvalue weighted by Crippen LogP contribution is 2.49. The van der Waals surface area contributed by atoms with Gasteiger partial charge in [-0.3, -0.25) is 42.7 Å². The Morgan fingerprint density at radius 1 is 0.552 bits per heavy atom. The summed E-state index contributed by atoms with van der Waals surface area (Å²) in [5, 5.41) is 0. The molecule has 22 heteroatoms. The number of Topliss-reactive ketones (excluding diaryl/α,β-unsaturated/α-hetero) is 3. The number of esters is 2. The number of amides is 4. The normalized spacial score (nSPS) is 15.8. The molecular weight excluding hydrogens is 1280 g/mol. The molecule has 0 aromatic heterocycles. The van der Waals surface area contributed by atoms with Crippen LogP contribution in [0.4, 0.5) is 0 Å². The number of likely N-dealkylation sites (tertiary alicyclic amines) is 4. The maximum Gasteiger partial charge on any atom is 0.394 e. The van der Waals surface area contributed by atoms with Gasteiger partial charge in [0.15, 0.2) is 5.78 Å². The molecule has 1 spiro atoms. The molecule has 0 radical (unpaired) electrons. The number of nitrogens with zero attached hydrogens (tertiary/aromatic N) is 4. The molecule has 5 aliphatic rings. The third kappa shape index (κ3) is 25.7. The molecule has 0 aliphatic carbocycles. The van der Waals surface area contributed by atoms with E-state index in [0.29, 0.717) is 82.7 Å². The van der Waals surface area contributed by atoms with Crippen molar-refractivity contribution in [3.8, 4) is 0 Å². The minimum Gasteiger partial charge on any atom is -0.466 e. The van der Waals surface area contributed by atoms with E-state index < -0.39 is 16.4 Å². The summed E-state index contributed by atoms with van der Waals surface area (Å²) in [6.07, 6.45) is 9.70. The quantitative estimate of drug-likeness (QED) is 0.0694. The minimum absolute atomic E-state index is 0. The van der Waals surface area contributed by atoms with Crippen LogP contribution in [0.25, 0.3) is 0 Å². The number of rotatable bonds is 11. The Balaban J connectivity index is 0.000000221. The van der Waals surface area contributed by atoms with Crippen molar-refractivity contribution in [3.63, 3.8) is 0 Å². The van der Waals surface area contributed by atoms with Crippen LogP contribution in [-0.4, -0.2) is 166 Å². The average molecular weight is 1370 g/mol. The van der Waals surface area contributed by atoms with Crippen LogP contribution in [0.2, 0.25) is 0 Å². The number of carbonyl (C=O) groups excluding carboxylic acids is 9. The van der Waals surface area contributed by atoms with Gasteiger partial charge in [-0.25, -0.2) is 9.59 Å². The van der Waals surface area contributed by atoms with Crippen molar-refractivity contribution in [2.24, 2.45) is 0 Å². The Hall–Kier alpha value is -8.80. The SMILES string of the molecule is C.C=CC(=O)OC.CC(=O)CC1(Sc2ccccc2)CCN(C(=O)c2ccccc2)CC1.CCOC(=O)C=C1CCN(C(=O)c2ccccc2)CC1.O=C1CC2(CCN(C(=O)c3ccccc3)CC2)Sc2ccccc21.O=C1CCN(C(=O)c2ccccc2)CC1.O=S(=O)(O)O. The van der Waals surface area contributed by atoms with E-state index in [1.54, 1.807) is 48.7 Å². The van der Waals surface area contributed by atoms with E-state index in [9.17, 15) is 43.2 Å². The van der Waals surface area contributed by atoms with Crippen LogP contribution in [0.5, 0.6) is 0 Å². The number of hydrogen-bond donors (Lipinski definition) is 2. The van der Waals surface area contributed by atoms with Gasteiger partial charge in [-0.05, 0) is 119 Å². The van der Waals surface area contributed by atoms with Crippen molar-refractivity contribution < 1.29 is 70.1 Å². The number of ketones is 3. The van der Waals surface area contributed by atoms with Gasteiger partial charge >= 0.3 is 22.3 Å². The van der Waals surface area contributed by atoms with Crippen molar-refractivity contribution in [1.82, 2.24) is 19.6 Å². The highest BCUT2D eigenvalue weighted by atomic mass is 32.3. The number of carbonyl (C=O) groups is 9. The fraction of sp³-hybridized carbons (Fsp3) is 0.338. The summed E-state index contributed by atoms with van der Waals surface area (Å²) in [6.45, 7) is 12.3. The second-order valence-electron chi connectivity index (χ2n) is 22.8. The highest BCUT2D eigenvalue weighted by molar-refractivity contribution is 8.01. The number of fused-ring (bicyclic) bond motifs is 1. The van der Waals surface area contributed by atoms with E-state index in [0.717, 1.165) is 84.8 Å². The van der Waals surface area contributed by atoms with E-state index in [2.05, 4.69) is 23.4 Å². The van der Waals surface area contributed by atoms with Crippen LogP contribution in [-0.2, 0) is 39.1 Å². The Kier molecular flexibility index (Phi) is 31.9. The Morgan fingerprint density at radius 2 is 0.917 bits per heavy atom. The van der Waals surface area contributed by atoms with Crippen LogP contribution in [0.15, 0.2) is 210 Å². The number of ether oxygens (including phenoxy) is 2. The first-order chi connectivity index (χ1) is 45.5. The molecule has 4 amide bonds. The standard InChI is InChI=1S/C21H23NO2S.C20H19NO2S.C16H19NO3.C12H13NO2.C4H6O2.CH4.H2O4S/c1-17(23)16-21(25-19-10-6-3-7-11-19)12-14-22(15-13-21)20(24)18-8-4-2-5-9-18;22-17-14-20(24-18-9-5-4-8-16(17)18)10-12-21(13-11-20)19(23)15-6-2-1-3-7-15;1-2-20-15(18)12-13-8-10-17(11-9-13)16(19)14-6-4-3-5-7-14;14-11-6-8-13(9-7-11)12(15)10-4-2-1-3-5-10;1-3-4(5)6-2;;1-5(2,3)4/h2-11H,12-16H2,1H3;1-9H,10-14H2;3-7,12H,2,8-11H2,1H3;1-5H,6-9H2;3H,1H2,2H3;1H4;(H2,1,2,3,4). The lowest BCUT2D eigenvalue weighted by Gasteiger charge is -2.43. The molecule has 6 aromatic carbocycles. The van der Waals surface area contributed by atoms with Gasteiger partial charge < -0.3 is 29.1 Å². The third-order valence-corrected chi connectivity index (χ3v) is 19.0. The van der Waals surface area contributed by atoms with Crippen molar-refractivity contribution in [1.29, 1.82) is 0 Å². The summed E-state index contributed by atoms with van der Waals surface area (Å²) in [4.78, 5) is 116. The summed E-state index contributed by atoms with van der Waals surface area (Å²) < 4.78 is 40.5. The van der Waals surface area contributed by atoms with Gasteiger partial charge in [0.25, 0.3) is 23.6 Å². The molecule has 11 rings (SSSR count). The van der Waals surface area contributed by atoms with Crippen LogP contribution in [0, 0.1) is 0 Å². The Labute approximate surface area is 572 Å². The third-order valence-electron chi connectivity index (χ3n) is 15.9. The second-order valence-corrected chi connectivity index (χ2v) is 26.7. The molecule has 2 N–H and O–H groups in total. The minimum atomic E-state index is -4.67. The first-order valence-corrected chi connectivity index (χ1v) is 34.3. The topological polar surface area (TPSA) is 260 Å². The maximum atomic E-state index is 12.6. The Bertz CT molecular complexity index is 3670. The van der Waals surface area contributed by atoms with E-state index in [4.69, 9.17) is 22.3 Å². The van der Waals surface area contributed by atoms with Crippen LogP contribution < -0.4 is 0 Å². The molecule has 4 fully saturated rings. The summed E-state index contributed by atoms with van der Waals surface area (Å²) in [6, 6.07) is 55.4. The van der Waals surface area contributed by atoms with Crippen molar-refractivity contribution in [3.05, 3.63) is 228 Å². The van der Waals surface area contributed by atoms with E-state index >= 15 is 0 Å². The molecular formula is C74H86N4O15S3. The number of piperidine rings is 4. The van der Waals surface area contributed by atoms with Crippen LogP contribution >= 0.6 is 23.5 Å². The number of hydrogen-bond acceptors (Lipinski definition) is 15. The lowest BCUT2D eigenvalue weighted by atomic mass is 9.88. The van der Waals surface area contributed by atoms with Gasteiger partial charge in [0.2, 0.25) is 0 Å². The molecule has 0 bridgehead atoms. The summed E-state index contributed by atoms with van der Waals surface area (Å²) in [5.41, 5.74) is 4.80. The zero-order valence-electron chi connectivity index (χ0n) is 53.8. The van der Waals surface area contributed by atoms with Gasteiger partial charge in [0.05, 0.1) is 13.7 Å². The van der Waals surface area contributed by atoms with Gasteiger partial charge in [0, 0.05) is 137 Å². The predicted octanol–water partition coefficient (Wildman–Crippen LogP) is 12.7. The maximum absolute atomic E-state index is 12.6.